The molecule has 4 rings (SSSR count). The summed E-state index contributed by atoms with van der Waals surface area (Å²) in [4.78, 5) is 30.1. The highest BCUT2D eigenvalue weighted by Crippen LogP contribution is 2.41. The molecule has 3 saturated heterocycles. The van der Waals surface area contributed by atoms with E-state index in [1.807, 2.05) is 4.90 Å². The number of sulfone groups is 1. The van der Waals surface area contributed by atoms with Crippen LogP contribution in [0.15, 0.2) is 29.3 Å². The van der Waals surface area contributed by atoms with E-state index in [0.717, 1.165) is 12.1 Å². The number of ether oxygens (including phenoxy) is 1. The average molecular weight is 409 g/mol. The van der Waals surface area contributed by atoms with Crippen molar-refractivity contribution >= 4 is 44.1 Å². The van der Waals surface area contributed by atoms with Gasteiger partial charge < -0.3 is 9.64 Å². The fourth-order valence-corrected chi connectivity index (χ4v) is 7.58. The summed E-state index contributed by atoms with van der Waals surface area (Å²) < 4.78 is 29.6. The molecule has 0 radical (unpaired) electrons. The highest BCUT2D eigenvalue weighted by atomic mass is 32.2. The van der Waals surface area contributed by atoms with Gasteiger partial charge in [-0.1, -0.05) is 11.8 Å². The maximum Gasteiger partial charge on any atom is 0.277 e. The first kappa shape index (κ1) is 18.6. The lowest BCUT2D eigenvalue weighted by Crippen LogP contribution is -2.38. The average Bonchev–Trinajstić information content (AvgIpc) is 3.29. The Bertz CT molecular complexity index is 904. The predicted molar refractivity (Wildman–Crippen MR) is 104 cm³/mol. The highest BCUT2D eigenvalue weighted by Gasteiger charge is 2.49. The van der Waals surface area contributed by atoms with Gasteiger partial charge in [0.1, 0.15) is 6.10 Å². The van der Waals surface area contributed by atoms with Crippen LogP contribution in [0, 0.1) is 0 Å². The summed E-state index contributed by atoms with van der Waals surface area (Å²) in [7, 11) is -3.12. The van der Waals surface area contributed by atoms with E-state index >= 15 is 0 Å². The number of Topliss-reactive ketones (excluding diaryl/α,β-unsaturated/α-hetero) is 1. The summed E-state index contributed by atoms with van der Waals surface area (Å²) in [5.74, 6) is -0.242. The molecule has 0 bridgehead atoms. The smallest absolute Gasteiger partial charge is 0.277 e. The monoisotopic (exact) mass is 408 g/mol. The van der Waals surface area contributed by atoms with Crippen LogP contribution in [0.2, 0.25) is 0 Å². The predicted octanol–water partition coefficient (Wildman–Crippen LogP) is 1.67. The van der Waals surface area contributed by atoms with E-state index in [2.05, 4.69) is 4.99 Å². The fourth-order valence-electron chi connectivity index (χ4n) is 3.66. The first-order valence-corrected chi connectivity index (χ1v) is 11.6. The molecular weight excluding hydrogens is 388 g/mol. The molecule has 0 aliphatic carbocycles. The van der Waals surface area contributed by atoms with E-state index < -0.39 is 15.9 Å². The van der Waals surface area contributed by atoms with E-state index in [9.17, 15) is 18.0 Å². The highest BCUT2D eigenvalue weighted by molar-refractivity contribution is 8.16. The number of anilines is 1. The van der Waals surface area contributed by atoms with E-state index in [0.29, 0.717) is 23.8 Å². The van der Waals surface area contributed by atoms with Crippen LogP contribution in [0.4, 0.5) is 5.69 Å². The number of fused-ring (bicyclic) bond motifs is 1. The van der Waals surface area contributed by atoms with Crippen LogP contribution >= 0.6 is 11.8 Å². The maximum atomic E-state index is 12.5. The number of ketones is 1. The Morgan fingerprint density at radius 3 is 2.59 bits per heavy atom. The Morgan fingerprint density at radius 2 is 1.96 bits per heavy atom. The lowest BCUT2D eigenvalue weighted by atomic mass is 10.1. The molecule has 1 aromatic carbocycles. The Kier molecular flexibility index (Phi) is 4.85. The number of aliphatic imine (C=N–C) groups is 1. The van der Waals surface area contributed by atoms with Crippen molar-refractivity contribution in [3.8, 4) is 0 Å². The number of benzene rings is 1. The van der Waals surface area contributed by atoms with Crippen LogP contribution in [-0.4, -0.2) is 60.8 Å². The van der Waals surface area contributed by atoms with Crippen LogP contribution in [-0.2, 0) is 19.4 Å². The molecule has 3 heterocycles. The Labute approximate surface area is 162 Å². The van der Waals surface area contributed by atoms with Gasteiger partial charge in [-0.2, -0.15) is 4.99 Å². The van der Waals surface area contributed by atoms with Crippen LogP contribution < -0.4 is 4.90 Å². The van der Waals surface area contributed by atoms with E-state index in [4.69, 9.17) is 4.74 Å². The number of hydrogen-bond acceptors (Lipinski definition) is 6. The van der Waals surface area contributed by atoms with Gasteiger partial charge in [-0.15, -0.1) is 0 Å². The van der Waals surface area contributed by atoms with Gasteiger partial charge in [0.25, 0.3) is 5.91 Å². The Morgan fingerprint density at radius 1 is 1.22 bits per heavy atom. The van der Waals surface area contributed by atoms with Crippen molar-refractivity contribution < 1.29 is 22.7 Å². The first-order chi connectivity index (χ1) is 12.8. The van der Waals surface area contributed by atoms with Gasteiger partial charge in [-0.05, 0) is 44.0 Å². The molecule has 27 heavy (non-hydrogen) atoms. The lowest BCUT2D eigenvalue weighted by Gasteiger charge is -2.24. The fraction of sp³-hybridized carbons (Fsp3) is 0.500. The van der Waals surface area contributed by atoms with Crippen molar-refractivity contribution in [1.82, 2.24) is 0 Å². The summed E-state index contributed by atoms with van der Waals surface area (Å²) >= 11 is 1.34. The Hall–Kier alpha value is -1.71. The quantitative estimate of drug-likeness (QED) is 0.702. The number of rotatable bonds is 3. The molecule has 3 fully saturated rings. The van der Waals surface area contributed by atoms with Gasteiger partial charge in [0, 0.05) is 23.1 Å². The van der Waals surface area contributed by atoms with Crippen LogP contribution in [0.3, 0.4) is 0 Å². The normalized spacial score (nSPS) is 30.6. The largest absolute Gasteiger partial charge is 0.368 e. The minimum atomic E-state index is -3.12. The van der Waals surface area contributed by atoms with E-state index in [1.165, 1.54) is 18.7 Å². The van der Waals surface area contributed by atoms with Crippen LogP contribution in [0.25, 0.3) is 0 Å². The van der Waals surface area contributed by atoms with Gasteiger partial charge in [-0.3, -0.25) is 9.59 Å². The van der Waals surface area contributed by atoms with Gasteiger partial charge in [0.2, 0.25) is 0 Å². The molecule has 0 aromatic heterocycles. The molecule has 0 unspecified atom stereocenters. The minimum absolute atomic E-state index is 0.0340. The van der Waals surface area contributed by atoms with Gasteiger partial charge >= 0.3 is 0 Å². The third-order valence-electron chi connectivity index (χ3n) is 5.03. The molecular formula is C18H20N2O5S2. The van der Waals surface area contributed by atoms with Crippen molar-refractivity contribution in [3.05, 3.63) is 29.8 Å². The number of amidine groups is 1. The van der Waals surface area contributed by atoms with Crippen molar-refractivity contribution in [1.29, 1.82) is 0 Å². The molecule has 9 heteroatoms. The molecule has 3 aliphatic rings. The summed E-state index contributed by atoms with van der Waals surface area (Å²) in [5, 5.41) is 0.356. The van der Waals surface area contributed by atoms with Gasteiger partial charge in [0.15, 0.2) is 20.8 Å². The zero-order valence-electron chi connectivity index (χ0n) is 14.8. The molecule has 1 aromatic rings. The molecule has 3 atom stereocenters. The first-order valence-electron chi connectivity index (χ1n) is 8.85. The molecule has 7 nitrogen and oxygen atoms in total. The number of thioether (sulfide) groups is 1. The lowest BCUT2D eigenvalue weighted by molar-refractivity contribution is -0.126. The summed E-state index contributed by atoms with van der Waals surface area (Å²) in [5.41, 5.74) is 1.31. The topological polar surface area (TPSA) is 93.1 Å². The standard InChI is InChI=1S/C18H20N2O5S2/c1-11(21)12-4-6-13(7-5-12)20-14-9-27(23,24)10-16(14)26-18(20)19-17(22)15-3-2-8-25-15/h4-7,14-16H,2-3,8-10H2,1H3/t14-,15-,16+/m0/s1. The molecule has 0 spiro atoms. The second-order valence-corrected chi connectivity index (χ2v) is 10.4. The van der Waals surface area contributed by atoms with Crippen molar-refractivity contribution in [2.24, 2.45) is 4.99 Å². The van der Waals surface area contributed by atoms with Gasteiger partial charge in [0.05, 0.1) is 17.5 Å². The van der Waals surface area contributed by atoms with Gasteiger partial charge in [-0.25, -0.2) is 8.42 Å². The second kappa shape index (κ2) is 7.03. The zero-order valence-corrected chi connectivity index (χ0v) is 16.5. The maximum absolute atomic E-state index is 12.5. The second-order valence-electron chi connectivity index (χ2n) is 7.01. The molecule has 0 N–H and O–H groups in total. The third-order valence-corrected chi connectivity index (χ3v) is 8.24. The van der Waals surface area contributed by atoms with Crippen molar-refractivity contribution in [2.45, 2.75) is 37.2 Å². The summed E-state index contributed by atoms with van der Waals surface area (Å²) in [6.45, 7) is 2.06. The number of carbonyl (C=O) groups excluding carboxylic acids is 2. The van der Waals surface area contributed by atoms with E-state index in [-0.39, 0.29) is 34.5 Å². The molecule has 1 amide bonds. The molecule has 3 aliphatic heterocycles. The van der Waals surface area contributed by atoms with Crippen LogP contribution in [0.5, 0.6) is 0 Å². The third kappa shape index (κ3) is 3.68. The zero-order chi connectivity index (χ0) is 19.2. The molecule has 144 valence electrons. The Balaban J connectivity index is 1.67. The number of nitrogens with zero attached hydrogens (tertiary/aromatic N) is 2. The minimum Gasteiger partial charge on any atom is -0.368 e. The summed E-state index contributed by atoms with van der Waals surface area (Å²) in [6.07, 6.45) is 0.993. The number of hydrogen-bond donors (Lipinski definition) is 0. The van der Waals surface area contributed by atoms with Crippen LogP contribution in [0.1, 0.15) is 30.1 Å². The van der Waals surface area contributed by atoms with E-state index in [1.54, 1.807) is 24.3 Å². The summed E-state index contributed by atoms with van der Waals surface area (Å²) in [6, 6.07) is 6.70. The molecule has 0 saturated carbocycles. The van der Waals surface area contributed by atoms with Crippen molar-refractivity contribution in [2.75, 3.05) is 23.0 Å². The van der Waals surface area contributed by atoms with Crippen molar-refractivity contribution in [3.63, 3.8) is 0 Å². The number of amides is 1. The number of carbonyl (C=O) groups is 2. The SMILES string of the molecule is CC(=O)c1ccc(N2C(=NC(=O)[C@@H]3CCCO3)S[C@@H]3CS(=O)(=O)C[C@@H]32)cc1.